The maximum Gasteiger partial charge on any atom is 0.336 e. The number of aliphatic hydroxyl groups excluding tert-OH is 1. The Morgan fingerprint density at radius 2 is 1.31 bits per heavy atom. The molecule has 0 fully saturated rings. The molecule has 0 aliphatic rings. The molecular weight excluding hydrogens is 344 g/mol. The fraction of sp³-hybridized carbons (Fsp3) is 0.0455. The fourth-order valence-corrected chi connectivity index (χ4v) is 4.50. The minimum Gasteiger partial charge on any atom is -0.478 e. The topological polar surface area (TPSA) is 57.5 Å². The first-order valence-electron chi connectivity index (χ1n) is 8.23. The van der Waals surface area contributed by atoms with Gasteiger partial charge in [0.2, 0.25) is 0 Å². The van der Waals surface area contributed by atoms with Crippen molar-refractivity contribution in [3.63, 3.8) is 0 Å². The summed E-state index contributed by atoms with van der Waals surface area (Å²) in [6.45, 7) is -0.0369. The molecule has 0 amide bonds. The summed E-state index contributed by atoms with van der Waals surface area (Å²) in [6.07, 6.45) is 0. The van der Waals surface area contributed by atoms with E-state index in [1.54, 1.807) is 12.1 Å². The van der Waals surface area contributed by atoms with Crippen LogP contribution in [0.1, 0.15) is 15.9 Å². The van der Waals surface area contributed by atoms with Crippen LogP contribution in [0.4, 0.5) is 0 Å². The van der Waals surface area contributed by atoms with Gasteiger partial charge in [-0.2, -0.15) is 0 Å². The summed E-state index contributed by atoms with van der Waals surface area (Å²) in [6, 6.07) is 23.0. The molecule has 0 aliphatic carbocycles. The van der Waals surface area contributed by atoms with Crippen molar-refractivity contribution in [1.29, 1.82) is 0 Å². The zero-order valence-corrected chi connectivity index (χ0v) is 14.7. The van der Waals surface area contributed by atoms with Crippen LogP contribution in [0.25, 0.3) is 21.5 Å². The molecule has 0 heterocycles. The lowest BCUT2D eigenvalue weighted by atomic mass is 10.0. The highest BCUT2D eigenvalue weighted by atomic mass is 32.2. The van der Waals surface area contributed by atoms with Gasteiger partial charge in [-0.3, -0.25) is 0 Å². The Balaban J connectivity index is 1.94. The lowest BCUT2D eigenvalue weighted by molar-refractivity contribution is 0.0699. The van der Waals surface area contributed by atoms with Crippen LogP contribution >= 0.6 is 11.8 Å². The molecule has 0 aromatic heterocycles. The Bertz CT molecular complexity index is 1120. The number of hydrogen-bond donors (Lipinski definition) is 2. The summed E-state index contributed by atoms with van der Waals surface area (Å²) in [5, 5.41) is 23.0. The van der Waals surface area contributed by atoms with Crippen molar-refractivity contribution < 1.29 is 15.0 Å². The van der Waals surface area contributed by atoms with E-state index in [-0.39, 0.29) is 6.61 Å². The number of benzene rings is 4. The number of fused-ring (bicyclic) bond motifs is 2. The van der Waals surface area contributed by atoms with Crippen molar-refractivity contribution in [1.82, 2.24) is 0 Å². The van der Waals surface area contributed by atoms with E-state index in [9.17, 15) is 15.0 Å². The fourth-order valence-electron chi connectivity index (χ4n) is 3.29. The van der Waals surface area contributed by atoms with E-state index < -0.39 is 5.97 Å². The van der Waals surface area contributed by atoms with E-state index >= 15 is 0 Å². The van der Waals surface area contributed by atoms with Crippen LogP contribution in [0.15, 0.2) is 82.6 Å². The molecule has 0 radical (unpaired) electrons. The number of carboxylic acids is 1. The van der Waals surface area contributed by atoms with Gasteiger partial charge >= 0.3 is 5.97 Å². The highest BCUT2D eigenvalue weighted by Gasteiger charge is 2.14. The normalized spacial score (nSPS) is 11.1. The Labute approximate surface area is 154 Å². The second-order valence-electron chi connectivity index (χ2n) is 6.00. The Morgan fingerprint density at radius 1 is 0.769 bits per heavy atom. The van der Waals surface area contributed by atoms with Crippen LogP contribution in [0.2, 0.25) is 0 Å². The Kier molecular flexibility index (Phi) is 4.37. The molecular formula is C22H16O3S. The van der Waals surface area contributed by atoms with E-state index in [1.165, 1.54) is 11.8 Å². The van der Waals surface area contributed by atoms with Gasteiger partial charge in [-0.1, -0.05) is 66.4 Å². The van der Waals surface area contributed by atoms with Gasteiger partial charge in [0.05, 0.1) is 12.2 Å². The van der Waals surface area contributed by atoms with Gasteiger partial charge in [-0.05, 0) is 34.5 Å². The molecule has 0 bridgehead atoms. The van der Waals surface area contributed by atoms with Gasteiger partial charge in [-0.25, -0.2) is 4.79 Å². The molecule has 128 valence electrons. The van der Waals surface area contributed by atoms with Crippen molar-refractivity contribution in [3.05, 3.63) is 83.9 Å². The largest absolute Gasteiger partial charge is 0.478 e. The predicted molar refractivity (Wildman–Crippen MR) is 105 cm³/mol. The number of carboxylic acid groups (broad SMARTS) is 1. The number of rotatable bonds is 4. The van der Waals surface area contributed by atoms with Crippen LogP contribution in [0.3, 0.4) is 0 Å². The first kappa shape index (κ1) is 16.6. The smallest absolute Gasteiger partial charge is 0.336 e. The van der Waals surface area contributed by atoms with Gasteiger partial charge in [-0.15, -0.1) is 0 Å². The highest BCUT2D eigenvalue weighted by Crippen LogP contribution is 2.39. The molecule has 2 N–H and O–H groups in total. The summed E-state index contributed by atoms with van der Waals surface area (Å²) in [4.78, 5) is 13.6. The molecule has 0 spiro atoms. The maximum absolute atomic E-state index is 11.7. The van der Waals surface area contributed by atoms with Gasteiger partial charge in [0.1, 0.15) is 0 Å². The van der Waals surface area contributed by atoms with E-state index in [2.05, 4.69) is 0 Å². The van der Waals surface area contributed by atoms with Crippen molar-refractivity contribution in [3.8, 4) is 0 Å². The van der Waals surface area contributed by atoms with Crippen molar-refractivity contribution >= 4 is 39.3 Å². The first-order chi connectivity index (χ1) is 12.7. The third kappa shape index (κ3) is 2.83. The number of aliphatic hydroxyl groups is 1. The maximum atomic E-state index is 11.7. The van der Waals surface area contributed by atoms with Gasteiger partial charge < -0.3 is 10.2 Å². The summed E-state index contributed by atoms with van der Waals surface area (Å²) in [5.41, 5.74) is 1.16. The minimum absolute atomic E-state index is 0.0369. The zero-order chi connectivity index (χ0) is 18.1. The highest BCUT2D eigenvalue weighted by molar-refractivity contribution is 7.99. The number of aromatic carboxylic acids is 1. The Hall–Kier alpha value is -2.82. The summed E-state index contributed by atoms with van der Waals surface area (Å²) in [7, 11) is 0. The molecule has 3 nitrogen and oxygen atoms in total. The molecule has 26 heavy (non-hydrogen) atoms. The monoisotopic (exact) mass is 360 g/mol. The molecule has 0 saturated carbocycles. The average Bonchev–Trinajstić information content (AvgIpc) is 2.67. The standard InChI is InChI=1S/C22H16O3S/c23-13-16-9-1-5-14-7-3-11-18(20(14)16)26-19-12-4-8-15-6-2-10-17(21(15)19)22(24)25/h1-12,23H,13H2,(H,24,25). The van der Waals surface area contributed by atoms with Gasteiger partial charge in [0, 0.05) is 20.6 Å². The summed E-state index contributed by atoms with van der Waals surface area (Å²) in [5.74, 6) is -0.933. The average molecular weight is 360 g/mol. The molecule has 4 aromatic rings. The summed E-state index contributed by atoms with van der Waals surface area (Å²) >= 11 is 1.53. The van der Waals surface area contributed by atoms with Gasteiger partial charge in [0.15, 0.2) is 0 Å². The van der Waals surface area contributed by atoms with E-state index in [4.69, 9.17) is 0 Å². The van der Waals surface area contributed by atoms with E-state index in [0.717, 1.165) is 36.9 Å². The van der Waals surface area contributed by atoms with Gasteiger partial charge in [0.25, 0.3) is 0 Å². The molecule has 4 rings (SSSR count). The molecule has 0 aliphatic heterocycles. The third-order valence-corrected chi connectivity index (χ3v) is 5.56. The van der Waals surface area contributed by atoms with Crippen LogP contribution < -0.4 is 0 Å². The molecule has 4 heteroatoms. The SMILES string of the molecule is O=C(O)c1cccc2cccc(Sc3cccc4cccc(CO)c34)c12. The van der Waals surface area contributed by atoms with Crippen LogP contribution in [0, 0.1) is 0 Å². The lowest BCUT2D eigenvalue weighted by Gasteiger charge is -2.13. The van der Waals surface area contributed by atoms with Crippen molar-refractivity contribution in [2.75, 3.05) is 0 Å². The third-order valence-electron chi connectivity index (χ3n) is 4.44. The molecule has 4 aromatic carbocycles. The molecule has 0 unspecified atom stereocenters. The first-order valence-corrected chi connectivity index (χ1v) is 9.05. The van der Waals surface area contributed by atoms with E-state index in [1.807, 2.05) is 60.7 Å². The van der Waals surface area contributed by atoms with E-state index in [0.29, 0.717) is 5.56 Å². The second-order valence-corrected chi connectivity index (χ2v) is 7.08. The molecule has 0 atom stereocenters. The molecule has 0 saturated heterocycles. The Morgan fingerprint density at radius 3 is 1.92 bits per heavy atom. The van der Waals surface area contributed by atoms with Crippen LogP contribution in [-0.4, -0.2) is 16.2 Å². The summed E-state index contributed by atoms with van der Waals surface area (Å²) < 4.78 is 0. The number of hydrogen-bond acceptors (Lipinski definition) is 3. The van der Waals surface area contributed by atoms with Crippen molar-refractivity contribution in [2.45, 2.75) is 16.4 Å². The zero-order valence-electron chi connectivity index (χ0n) is 13.8. The lowest BCUT2D eigenvalue weighted by Crippen LogP contribution is -1.98. The van der Waals surface area contributed by atoms with Crippen LogP contribution in [-0.2, 0) is 6.61 Å². The number of carbonyl (C=O) groups is 1. The second kappa shape index (κ2) is 6.83. The van der Waals surface area contributed by atoms with Crippen molar-refractivity contribution in [2.24, 2.45) is 0 Å². The predicted octanol–water partition coefficient (Wildman–Crippen LogP) is 5.33. The van der Waals surface area contributed by atoms with Crippen LogP contribution in [0.5, 0.6) is 0 Å². The quantitative estimate of drug-likeness (QED) is 0.516. The minimum atomic E-state index is -0.933.